The lowest BCUT2D eigenvalue weighted by Gasteiger charge is -2.14. The summed E-state index contributed by atoms with van der Waals surface area (Å²) in [7, 11) is 0. The first-order chi connectivity index (χ1) is 12.8. The summed E-state index contributed by atoms with van der Waals surface area (Å²) in [6.07, 6.45) is 3.36. The molecule has 132 valence electrons. The first-order valence-electron chi connectivity index (χ1n) is 9.04. The lowest BCUT2D eigenvalue weighted by Crippen LogP contribution is -2.27. The van der Waals surface area contributed by atoms with Crippen LogP contribution in [0.2, 0.25) is 0 Å². The second-order valence-electron chi connectivity index (χ2n) is 6.55. The largest absolute Gasteiger partial charge is 0.449 e. The van der Waals surface area contributed by atoms with E-state index in [1.807, 2.05) is 30.5 Å². The lowest BCUT2D eigenvalue weighted by molar-refractivity contribution is 0.143. The molecule has 4 heteroatoms. The second-order valence-corrected chi connectivity index (χ2v) is 6.55. The van der Waals surface area contributed by atoms with Gasteiger partial charge in [0.25, 0.3) is 0 Å². The van der Waals surface area contributed by atoms with Crippen molar-refractivity contribution in [1.82, 2.24) is 10.3 Å². The molecule has 0 saturated carbocycles. The van der Waals surface area contributed by atoms with Crippen LogP contribution in [-0.2, 0) is 11.2 Å². The monoisotopic (exact) mass is 346 g/mol. The number of aromatic nitrogens is 1. The van der Waals surface area contributed by atoms with Crippen molar-refractivity contribution in [2.45, 2.75) is 18.8 Å². The molecular formula is C22H22N2O2. The molecule has 4 rings (SSSR count). The van der Waals surface area contributed by atoms with E-state index in [0.717, 1.165) is 12.8 Å². The maximum Gasteiger partial charge on any atom is 0.407 e. The Labute approximate surface area is 153 Å². The highest BCUT2D eigenvalue weighted by atomic mass is 16.5. The molecule has 0 saturated heterocycles. The third kappa shape index (κ3) is 3.36. The first-order valence-corrected chi connectivity index (χ1v) is 9.04. The van der Waals surface area contributed by atoms with Crippen LogP contribution in [0.3, 0.4) is 0 Å². The number of hydrogen-bond donors (Lipinski definition) is 2. The maximum atomic E-state index is 12.0. The van der Waals surface area contributed by atoms with Crippen LogP contribution < -0.4 is 5.32 Å². The lowest BCUT2D eigenvalue weighted by atomic mass is 9.98. The average molecular weight is 346 g/mol. The van der Waals surface area contributed by atoms with Gasteiger partial charge in [-0.15, -0.1) is 0 Å². The highest BCUT2D eigenvalue weighted by Crippen LogP contribution is 2.44. The van der Waals surface area contributed by atoms with Gasteiger partial charge in [0.1, 0.15) is 6.61 Å². The summed E-state index contributed by atoms with van der Waals surface area (Å²) in [5.41, 5.74) is 6.12. The van der Waals surface area contributed by atoms with Gasteiger partial charge in [-0.3, -0.25) is 0 Å². The predicted molar refractivity (Wildman–Crippen MR) is 102 cm³/mol. The van der Waals surface area contributed by atoms with Crippen LogP contribution in [0.15, 0.2) is 66.9 Å². The molecule has 4 nitrogen and oxygen atoms in total. The summed E-state index contributed by atoms with van der Waals surface area (Å²) in [4.78, 5) is 15.2. The van der Waals surface area contributed by atoms with Gasteiger partial charge < -0.3 is 15.0 Å². The van der Waals surface area contributed by atoms with Crippen molar-refractivity contribution in [3.63, 3.8) is 0 Å². The van der Waals surface area contributed by atoms with Gasteiger partial charge in [0.15, 0.2) is 0 Å². The first kappa shape index (κ1) is 16.5. The Balaban J connectivity index is 1.32. The maximum absolute atomic E-state index is 12.0. The molecule has 1 aliphatic rings. The minimum atomic E-state index is -0.349. The smallest absolute Gasteiger partial charge is 0.407 e. The van der Waals surface area contributed by atoms with E-state index in [1.54, 1.807) is 0 Å². The van der Waals surface area contributed by atoms with Crippen LogP contribution in [0.4, 0.5) is 4.79 Å². The Bertz CT molecular complexity index is 841. The molecule has 26 heavy (non-hydrogen) atoms. The molecule has 0 fully saturated rings. The molecule has 2 N–H and O–H groups in total. The average Bonchev–Trinajstić information content (AvgIpc) is 3.30. The van der Waals surface area contributed by atoms with Crippen LogP contribution >= 0.6 is 0 Å². The van der Waals surface area contributed by atoms with Crippen LogP contribution in [0, 0.1) is 0 Å². The van der Waals surface area contributed by atoms with Gasteiger partial charge in [-0.1, -0.05) is 48.5 Å². The van der Waals surface area contributed by atoms with Crippen LogP contribution in [0.1, 0.15) is 29.2 Å². The number of fused-ring (bicyclic) bond motifs is 3. The minimum Gasteiger partial charge on any atom is -0.449 e. The zero-order valence-electron chi connectivity index (χ0n) is 14.6. The summed E-state index contributed by atoms with van der Waals surface area (Å²) < 4.78 is 5.52. The number of carbonyl (C=O) groups is 1. The Morgan fingerprint density at radius 2 is 1.65 bits per heavy atom. The van der Waals surface area contributed by atoms with Gasteiger partial charge in [-0.05, 0) is 47.2 Å². The van der Waals surface area contributed by atoms with Gasteiger partial charge in [0.05, 0.1) is 0 Å². The van der Waals surface area contributed by atoms with Gasteiger partial charge in [-0.2, -0.15) is 0 Å². The number of ether oxygens (including phenoxy) is 1. The van der Waals surface area contributed by atoms with Crippen molar-refractivity contribution >= 4 is 6.09 Å². The van der Waals surface area contributed by atoms with E-state index in [9.17, 15) is 4.79 Å². The number of aryl methyl sites for hydroxylation is 1. The molecule has 1 aromatic heterocycles. The van der Waals surface area contributed by atoms with Crippen LogP contribution in [0.25, 0.3) is 11.1 Å². The van der Waals surface area contributed by atoms with E-state index in [4.69, 9.17) is 4.74 Å². The third-order valence-electron chi connectivity index (χ3n) is 4.90. The number of rotatable bonds is 6. The van der Waals surface area contributed by atoms with Crippen LogP contribution in [0.5, 0.6) is 0 Å². The number of alkyl carbamates (subject to hydrolysis) is 1. The van der Waals surface area contributed by atoms with Crippen molar-refractivity contribution in [2.75, 3.05) is 13.2 Å². The van der Waals surface area contributed by atoms with Crippen molar-refractivity contribution in [3.8, 4) is 11.1 Å². The topological polar surface area (TPSA) is 54.1 Å². The SMILES string of the molecule is O=C(NCCCc1ccc[nH]1)OCC1c2ccccc2-c2ccccc21. The molecule has 2 aromatic carbocycles. The number of benzene rings is 2. The van der Waals surface area contributed by atoms with Gasteiger partial charge >= 0.3 is 6.09 Å². The molecule has 1 aliphatic carbocycles. The highest BCUT2D eigenvalue weighted by molar-refractivity contribution is 5.79. The van der Waals surface area contributed by atoms with Gasteiger partial charge in [0, 0.05) is 24.4 Å². The molecule has 0 unspecified atom stereocenters. The fourth-order valence-corrected chi connectivity index (χ4v) is 3.64. The second kappa shape index (κ2) is 7.48. The van der Waals surface area contributed by atoms with E-state index in [0.29, 0.717) is 13.2 Å². The minimum absolute atomic E-state index is 0.104. The summed E-state index contributed by atoms with van der Waals surface area (Å²) in [6, 6.07) is 20.7. The summed E-state index contributed by atoms with van der Waals surface area (Å²) in [5, 5.41) is 2.84. The van der Waals surface area contributed by atoms with E-state index in [1.165, 1.54) is 27.9 Å². The van der Waals surface area contributed by atoms with Gasteiger partial charge in [-0.25, -0.2) is 4.79 Å². The number of carbonyl (C=O) groups excluding carboxylic acids is 1. The quantitative estimate of drug-likeness (QED) is 0.646. The molecular weight excluding hydrogens is 324 g/mol. The Hall–Kier alpha value is -3.01. The number of amides is 1. The molecule has 1 heterocycles. The fourth-order valence-electron chi connectivity index (χ4n) is 3.64. The number of hydrogen-bond acceptors (Lipinski definition) is 2. The van der Waals surface area contributed by atoms with Crippen LogP contribution in [-0.4, -0.2) is 24.2 Å². The number of nitrogens with one attached hydrogen (secondary N) is 2. The number of aromatic amines is 1. The molecule has 3 aromatic rings. The fraction of sp³-hybridized carbons (Fsp3) is 0.227. The molecule has 0 radical (unpaired) electrons. The molecule has 0 atom stereocenters. The normalized spacial score (nSPS) is 12.5. The van der Waals surface area contributed by atoms with E-state index >= 15 is 0 Å². The standard InChI is InChI=1S/C22H22N2O2/c25-22(24-14-6-8-16-7-5-13-23-16)26-15-21-19-11-3-1-9-17(19)18-10-2-4-12-20(18)21/h1-5,7,9-13,21,23H,6,8,14-15H2,(H,24,25). The van der Waals surface area contributed by atoms with E-state index in [-0.39, 0.29) is 12.0 Å². The molecule has 0 spiro atoms. The zero-order valence-corrected chi connectivity index (χ0v) is 14.6. The summed E-state index contributed by atoms with van der Waals surface area (Å²) >= 11 is 0. The zero-order chi connectivity index (χ0) is 17.8. The summed E-state index contributed by atoms with van der Waals surface area (Å²) in [5.74, 6) is 0.104. The molecule has 0 bridgehead atoms. The summed E-state index contributed by atoms with van der Waals surface area (Å²) in [6.45, 7) is 0.964. The number of H-pyrrole nitrogens is 1. The van der Waals surface area contributed by atoms with Gasteiger partial charge in [0.2, 0.25) is 0 Å². The van der Waals surface area contributed by atoms with Crippen molar-refractivity contribution in [2.24, 2.45) is 0 Å². The van der Waals surface area contributed by atoms with E-state index < -0.39 is 0 Å². The Kier molecular flexibility index (Phi) is 4.73. The predicted octanol–water partition coefficient (Wildman–Crippen LogP) is 4.49. The molecule has 0 aliphatic heterocycles. The van der Waals surface area contributed by atoms with Crippen molar-refractivity contribution < 1.29 is 9.53 Å². The van der Waals surface area contributed by atoms with Crippen molar-refractivity contribution in [3.05, 3.63) is 83.7 Å². The van der Waals surface area contributed by atoms with Crippen molar-refractivity contribution in [1.29, 1.82) is 0 Å². The Morgan fingerprint density at radius 3 is 2.31 bits per heavy atom. The third-order valence-corrected chi connectivity index (χ3v) is 4.90. The Morgan fingerprint density at radius 1 is 0.962 bits per heavy atom. The highest BCUT2D eigenvalue weighted by Gasteiger charge is 2.28. The van der Waals surface area contributed by atoms with E-state index in [2.05, 4.69) is 46.7 Å². The molecule has 1 amide bonds.